The summed E-state index contributed by atoms with van der Waals surface area (Å²) in [6.45, 7) is 9.92. The standard InChI is InChI=1S/C12H28N2/c1-4-7-9-12(11-13)14(6-3)10-8-5-2/h12H,4-11,13H2,1-3H3. The minimum atomic E-state index is 0.617. The molecule has 2 heteroatoms. The number of rotatable bonds is 9. The summed E-state index contributed by atoms with van der Waals surface area (Å²) in [5, 5.41) is 0. The highest BCUT2D eigenvalue weighted by Crippen LogP contribution is 2.08. The zero-order chi connectivity index (χ0) is 10.8. The van der Waals surface area contributed by atoms with Crippen molar-refractivity contribution in [3.8, 4) is 0 Å². The van der Waals surface area contributed by atoms with E-state index in [1.807, 2.05) is 0 Å². The summed E-state index contributed by atoms with van der Waals surface area (Å²) in [5.41, 5.74) is 5.82. The van der Waals surface area contributed by atoms with Gasteiger partial charge in [0.15, 0.2) is 0 Å². The van der Waals surface area contributed by atoms with Crippen molar-refractivity contribution < 1.29 is 0 Å². The van der Waals surface area contributed by atoms with Gasteiger partial charge in [-0.15, -0.1) is 0 Å². The summed E-state index contributed by atoms with van der Waals surface area (Å²) in [6, 6.07) is 0.617. The van der Waals surface area contributed by atoms with Gasteiger partial charge >= 0.3 is 0 Å². The first-order chi connectivity index (χ1) is 6.79. The van der Waals surface area contributed by atoms with Gasteiger partial charge in [-0.2, -0.15) is 0 Å². The van der Waals surface area contributed by atoms with E-state index in [4.69, 9.17) is 5.73 Å². The fourth-order valence-corrected chi connectivity index (χ4v) is 1.85. The molecule has 0 amide bonds. The zero-order valence-corrected chi connectivity index (χ0v) is 10.3. The number of hydrogen-bond acceptors (Lipinski definition) is 2. The molecular formula is C12H28N2. The Morgan fingerprint density at radius 1 is 1.07 bits per heavy atom. The van der Waals surface area contributed by atoms with E-state index in [0.29, 0.717) is 6.04 Å². The molecule has 0 aromatic carbocycles. The maximum atomic E-state index is 5.82. The number of hydrogen-bond donors (Lipinski definition) is 1. The lowest BCUT2D eigenvalue weighted by Gasteiger charge is -2.29. The van der Waals surface area contributed by atoms with Gasteiger partial charge in [0, 0.05) is 12.6 Å². The van der Waals surface area contributed by atoms with Crippen molar-refractivity contribution >= 4 is 0 Å². The Bertz CT molecular complexity index is 101. The van der Waals surface area contributed by atoms with E-state index in [-0.39, 0.29) is 0 Å². The first-order valence-corrected chi connectivity index (χ1v) is 6.24. The van der Waals surface area contributed by atoms with Crippen LogP contribution in [0.25, 0.3) is 0 Å². The zero-order valence-electron chi connectivity index (χ0n) is 10.3. The van der Waals surface area contributed by atoms with Crippen molar-refractivity contribution in [2.24, 2.45) is 5.73 Å². The largest absolute Gasteiger partial charge is 0.329 e. The predicted octanol–water partition coefficient (Wildman–Crippen LogP) is 2.63. The molecule has 0 aliphatic carbocycles. The number of nitrogens with zero attached hydrogens (tertiary/aromatic N) is 1. The second kappa shape index (κ2) is 9.47. The van der Waals surface area contributed by atoms with E-state index in [1.54, 1.807) is 0 Å². The highest BCUT2D eigenvalue weighted by Gasteiger charge is 2.13. The first kappa shape index (κ1) is 13.9. The highest BCUT2D eigenvalue weighted by molar-refractivity contribution is 4.71. The topological polar surface area (TPSA) is 29.3 Å². The van der Waals surface area contributed by atoms with Crippen LogP contribution < -0.4 is 5.73 Å². The Labute approximate surface area is 89.9 Å². The van der Waals surface area contributed by atoms with Crippen LogP contribution in [0.3, 0.4) is 0 Å². The van der Waals surface area contributed by atoms with Crippen LogP contribution in [0.2, 0.25) is 0 Å². The van der Waals surface area contributed by atoms with E-state index in [1.165, 1.54) is 38.6 Å². The smallest absolute Gasteiger partial charge is 0.0218 e. The average molecular weight is 200 g/mol. The summed E-state index contributed by atoms with van der Waals surface area (Å²) in [4.78, 5) is 2.54. The Balaban J connectivity index is 3.87. The molecule has 0 spiro atoms. The number of nitrogens with two attached hydrogens (primary N) is 1. The molecule has 0 aliphatic heterocycles. The molecule has 0 saturated heterocycles. The summed E-state index contributed by atoms with van der Waals surface area (Å²) in [5.74, 6) is 0. The maximum absolute atomic E-state index is 5.82. The van der Waals surface area contributed by atoms with Gasteiger partial charge in [0.1, 0.15) is 0 Å². The lowest BCUT2D eigenvalue weighted by atomic mass is 10.1. The van der Waals surface area contributed by atoms with Gasteiger partial charge in [-0.05, 0) is 25.9 Å². The summed E-state index contributed by atoms with van der Waals surface area (Å²) >= 11 is 0. The van der Waals surface area contributed by atoms with Gasteiger partial charge in [-0.3, -0.25) is 4.90 Å². The Morgan fingerprint density at radius 2 is 1.71 bits per heavy atom. The van der Waals surface area contributed by atoms with Crippen molar-refractivity contribution in [1.82, 2.24) is 4.90 Å². The Kier molecular flexibility index (Phi) is 9.42. The monoisotopic (exact) mass is 200 g/mol. The molecule has 0 aromatic rings. The summed E-state index contributed by atoms with van der Waals surface area (Å²) in [7, 11) is 0. The third-order valence-corrected chi connectivity index (χ3v) is 2.88. The second-order valence-electron chi connectivity index (χ2n) is 4.01. The quantitative estimate of drug-likeness (QED) is 0.620. The number of unbranched alkanes of at least 4 members (excludes halogenated alkanes) is 2. The molecule has 0 aliphatic rings. The SMILES string of the molecule is CCCCC(CN)N(CC)CCCC. The van der Waals surface area contributed by atoms with Crippen molar-refractivity contribution in [3.63, 3.8) is 0 Å². The molecular weight excluding hydrogens is 172 g/mol. The van der Waals surface area contributed by atoms with Crippen LogP contribution in [0, 0.1) is 0 Å². The molecule has 1 atom stereocenters. The van der Waals surface area contributed by atoms with Crippen LogP contribution in [-0.4, -0.2) is 30.6 Å². The summed E-state index contributed by atoms with van der Waals surface area (Å²) in [6.07, 6.45) is 6.44. The molecule has 0 aromatic heterocycles. The molecule has 0 saturated carbocycles. The lowest BCUT2D eigenvalue weighted by molar-refractivity contribution is 0.195. The molecule has 86 valence electrons. The minimum absolute atomic E-state index is 0.617. The van der Waals surface area contributed by atoms with E-state index in [0.717, 1.165) is 13.1 Å². The van der Waals surface area contributed by atoms with Gasteiger partial charge in [0.25, 0.3) is 0 Å². The van der Waals surface area contributed by atoms with Crippen molar-refractivity contribution in [2.45, 2.75) is 58.9 Å². The lowest BCUT2D eigenvalue weighted by Crippen LogP contribution is -2.41. The van der Waals surface area contributed by atoms with Crippen LogP contribution in [0.1, 0.15) is 52.9 Å². The highest BCUT2D eigenvalue weighted by atomic mass is 15.2. The molecule has 14 heavy (non-hydrogen) atoms. The van der Waals surface area contributed by atoms with Gasteiger partial charge < -0.3 is 5.73 Å². The van der Waals surface area contributed by atoms with Crippen LogP contribution in [-0.2, 0) is 0 Å². The van der Waals surface area contributed by atoms with Gasteiger partial charge in [-0.25, -0.2) is 0 Å². The summed E-state index contributed by atoms with van der Waals surface area (Å²) < 4.78 is 0. The molecule has 1 unspecified atom stereocenters. The average Bonchev–Trinajstić information content (AvgIpc) is 2.23. The Hall–Kier alpha value is -0.0800. The molecule has 0 radical (unpaired) electrons. The van der Waals surface area contributed by atoms with Crippen molar-refractivity contribution in [1.29, 1.82) is 0 Å². The van der Waals surface area contributed by atoms with E-state index < -0.39 is 0 Å². The molecule has 0 bridgehead atoms. The first-order valence-electron chi connectivity index (χ1n) is 6.24. The molecule has 2 nitrogen and oxygen atoms in total. The minimum Gasteiger partial charge on any atom is -0.329 e. The van der Waals surface area contributed by atoms with Crippen LogP contribution in [0.4, 0.5) is 0 Å². The van der Waals surface area contributed by atoms with Gasteiger partial charge in [0.2, 0.25) is 0 Å². The second-order valence-corrected chi connectivity index (χ2v) is 4.01. The van der Waals surface area contributed by atoms with Crippen molar-refractivity contribution in [3.05, 3.63) is 0 Å². The third kappa shape index (κ3) is 5.61. The van der Waals surface area contributed by atoms with Crippen LogP contribution in [0.5, 0.6) is 0 Å². The van der Waals surface area contributed by atoms with Gasteiger partial charge in [0.05, 0.1) is 0 Å². The van der Waals surface area contributed by atoms with Crippen molar-refractivity contribution in [2.75, 3.05) is 19.6 Å². The van der Waals surface area contributed by atoms with E-state index in [9.17, 15) is 0 Å². The van der Waals surface area contributed by atoms with E-state index >= 15 is 0 Å². The van der Waals surface area contributed by atoms with Gasteiger partial charge in [-0.1, -0.05) is 40.0 Å². The fraction of sp³-hybridized carbons (Fsp3) is 1.00. The molecule has 0 rings (SSSR count). The third-order valence-electron chi connectivity index (χ3n) is 2.88. The van der Waals surface area contributed by atoms with E-state index in [2.05, 4.69) is 25.7 Å². The molecule has 0 fully saturated rings. The van der Waals surface area contributed by atoms with Crippen LogP contribution in [0.15, 0.2) is 0 Å². The molecule has 2 N–H and O–H groups in total. The predicted molar refractivity (Wildman–Crippen MR) is 64.5 cm³/mol. The normalized spacial score (nSPS) is 13.5. The molecule has 0 heterocycles. The van der Waals surface area contributed by atoms with Crippen LogP contribution >= 0.6 is 0 Å². The maximum Gasteiger partial charge on any atom is 0.0218 e. The fourth-order valence-electron chi connectivity index (χ4n) is 1.85. The Morgan fingerprint density at radius 3 is 2.14 bits per heavy atom. The number of likely N-dealkylation sites (N-methyl/N-ethyl adjacent to an activating group) is 1.